The number of aliphatic hydroxyl groups is 1. The van der Waals surface area contributed by atoms with E-state index in [9.17, 15) is 18.3 Å². The van der Waals surface area contributed by atoms with Gasteiger partial charge in [0, 0.05) is 4.91 Å². The SMILES string of the molecule is CC(O)C(N=[N+]=[N-])c1cc(F)c(F)c(F)c1. The van der Waals surface area contributed by atoms with Crippen molar-refractivity contribution in [3.05, 3.63) is 45.6 Å². The van der Waals surface area contributed by atoms with E-state index in [1.54, 1.807) is 0 Å². The summed E-state index contributed by atoms with van der Waals surface area (Å²) < 4.78 is 38.4. The van der Waals surface area contributed by atoms with E-state index in [1.807, 2.05) is 0 Å². The number of nitrogens with zero attached hydrogens (tertiary/aromatic N) is 3. The number of azide groups is 1. The van der Waals surface area contributed by atoms with Crippen molar-refractivity contribution in [2.24, 2.45) is 5.11 Å². The zero-order valence-corrected chi connectivity index (χ0v) is 8.23. The maximum Gasteiger partial charge on any atom is 0.194 e. The van der Waals surface area contributed by atoms with E-state index in [2.05, 4.69) is 10.0 Å². The molecule has 2 atom stereocenters. The molecule has 0 aliphatic heterocycles. The second kappa shape index (κ2) is 4.87. The van der Waals surface area contributed by atoms with Crippen LogP contribution in [-0.4, -0.2) is 11.2 Å². The van der Waals surface area contributed by atoms with Crippen molar-refractivity contribution in [3.63, 3.8) is 0 Å². The summed E-state index contributed by atoms with van der Waals surface area (Å²) in [5, 5.41) is 12.4. The molecule has 0 aromatic heterocycles. The van der Waals surface area contributed by atoms with E-state index in [-0.39, 0.29) is 5.56 Å². The molecule has 2 unspecified atom stereocenters. The van der Waals surface area contributed by atoms with Crippen LogP contribution in [0.5, 0.6) is 0 Å². The van der Waals surface area contributed by atoms with Crippen molar-refractivity contribution < 1.29 is 18.3 Å². The predicted octanol–water partition coefficient (Wildman–Crippen LogP) is 2.84. The molecule has 0 saturated heterocycles. The Hall–Kier alpha value is -1.72. The monoisotopic (exact) mass is 231 g/mol. The lowest BCUT2D eigenvalue weighted by Crippen LogP contribution is -2.13. The van der Waals surface area contributed by atoms with Gasteiger partial charge < -0.3 is 5.11 Å². The molecule has 0 heterocycles. The Labute approximate surface area is 89.0 Å². The van der Waals surface area contributed by atoms with Crippen LogP contribution in [0.25, 0.3) is 10.4 Å². The van der Waals surface area contributed by atoms with Gasteiger partial charge in [-0.2, -0.15) is 0 Å². The highest BCUT2D eigenvalue weighted by Gasteiger charge is 2.20. The minimum atomic E-state index is -1.60. The molecule has 1 aromatic rings. The summed E-state index contributed by atoms with van der Waals surface area (Å²) in [5.41, 5.74) is 8.10. The Morgan fingerprint density at radius 2 is 1.81 bits per heavy atom. The fourth-order valence-corrected chi connectivity index (χ4v) is 1.24. The summed E-state index contributed by atoms with van der Waals surface area (Å²) in [5.74, 6) is -4.39. The normalized spacial score (nSPS) is 14.1. The van der Waals surface area contributed by atoms with E-state index in [4.69, 9.17) is 5.53 Å². The van der Waals surface area contributed by atoms with Gasteiger partial charge in [-0.3, -0.25) is 0 Å². The van der Waals surface area contributed by atoms with Gasteiger partial charge in [-0.1, -0.05) is 5.11 Å². The summed E-state index contributed by atoms with van der Waals surface area (Å²) in [7, 11) is 0. The van der Waals surface area contributed by atoms with Gasteiger partial charge in [-0.25, -0.2) is 13.2 Å². The number of hydrogen-bond donors (Lipinski definition) is 1. The van der Waals surface area contributed by atoms with E-state index in [1.165, 1.54) is 6.92 Å². The first-order valence-electron chi connectivity index (χ1n) is 4.34. The third-order valence-electron chi connectivity index (χ3n) is 1.98. The number of hydrogen-bond acceptors (Lipinski definition) is 2. The average molecular weight is 231 g/mol. The molecule has 1 aromatic carbocycles. The predicted molar refractivity (Wildman–Crippen MR) is 49.9 cm³/mol. The first-order chi connectivity index (χ1) is 7.47. The minimum absolute atomic E-state index is 0.121. The number of aliphatic hydroxyl groups excluding tert-OH is 1. The Morgan fingerprint density at radius 3 is 2.19 bits per heavy atom. The van der Waals surface area contributed by atoms with Gasteiger partial charge >= 0.3 is 0 Å². The van der Waals surface area contributed by atoms with E-state index in [0.29, 0.717) is 12.1 Å². The van der Waals surface area contributed by atoms with Crippen molar-refractivity contribution in [2.75, 3.05) is 0 Å². The number of benzene rings is 1. The maximum atomic E-state index is 12.9. The van der Waals surface area contributed by atoms with Gasteiger partial charge in [0.1, 0.15) is 0 Å². The lowest BCUT2D eigenvalue weighted by atomic mass is 10.0. The van der Waals surface area contributed by atoms with Crippen LogP contribution in [0.15, 0.2) is 17.2 Å². The van der Waals surface area contributed by atoms with E-state index in [0.717, 1.165) is 0 Å². The highest BCUT2D eigenvalue weighted by Crippen LogP contribution is 2.25. The van der Waals surface area contributed by atoms with E-state index < -0.39 is 29.6 Å². The molecule has 0 aliphatic rings. The second-order valence-electron chi connectivity index (χ2n) is 3.19. The van der Waals surface area contributed by atoms with Gasteiger partial charge in [0.05, 0.1) is 12.1 Å². The van der Waals surface area contributed by atoms with Gasteiger partial charge in [0.2, 0.25) is 0 Å². The highest BCUT2D eigenvalue weighted by molar-refractivity contribution is 5.23. The molecule has 7 heteroatoms. The van der Waals surface area contributed by atoms with Crippen molar-refractivity contribution >= 4 is 0 Å². The molecule has 0 spiro atoms. The molecule has 0 amide bonds. The summed E-state index contributed by atoms with van der Waals surface area (Å²) in [6.07, 6.45) is -1.14. The summed E-state index contributed by atoms with van der Waals surface area (Å²) in [4.78, 5) is 2.44. The van der Waals surface area contributed by atoms with Crippen molar-refractivity contribution in [1.29, 1.82) is 0 Å². The molecule has 0 saturated carbocycles. The molecule has 86 valence electrons. The molecule has 1 N–H and O–H groups in total. The van der Waals surface area contributed by atoms with Crippen LogP contribution in [0, 0.1) is 17.5 Å². The van der Waals surface area contributed by atoms with Crippen LogP contribution < -0.4 is 0 Å². The van der Waals surface area contributed by atoms with Crippen LogP contribution in [0.4, 0.5) is 13.2 Å². The summed E-state index contributed by atoms with van der Waals surface area (Å²) in [6.45, 7) is 1.29. The minimum Gasteiger partial charge on any atom is -0.393 e. The molecule has 16 heavy (non-hydrogen) atoms. The van der Waals surface area contributed by atoms with Crippen LogP contribution >= 0.6 is 0 Å². The Bertz CT molecular complexity index is 421. The molecule has 1 rings (SSSR count). The number of rotatable bonds is 3. The van der Waals surface area contributed by atoms with Crippen LogP contribution in [0.2, 0.25) is 0 Å². The van der Waals surface area contributed by atoms with Gasteiger partial charge in [-0.05, 0) is 30.2 Å². The largest absolute Gasteiger partial charge is 0.393 e. The average Bonchev–Trinajstić information content (AvgIpc) is 2.21. The molecular weight excluding hydrogens is 223 g/mol. The summed E-state index contributed by atoms with van der Waals surface area (Å²) >= 11 is 0. The lowest BCUT2D eigenvalue weighted by Gasteiger charge is -2.14. The topological polar surface area (TPSA) is 69.0 Å². The Morgan fingerprint density at radius 1 is 1.31 bits per heavy atom. The van der Waals surface area contributed by atoms with Crippen molar-refractivity contribution in [3.8, 4) is 0 Å². The van der Waals surface area contributed by atoms with Crippen LogP contribution in [-0.2, 0) is 0 Å². The smallest absolute Gasteiger partial charge is 0.194 e. The van der Waals surface area contributed by atoms with Crippen LogP contribution in [0.1, 0.15) is 18.5 Å². The van der Waals surface area contributed by atoms with Crippen molar-refractivity contribution in [1.82, 2.24) is 0 Å². The highest BCUT2D eigenvalue weighted by atomic mass is 19.2. The number of halogens is 3. The van der Waals surface area contributed by atoms with Gasteiger partial charge in [-0.15, -0.1) is 0 Å². The molecule has 0 bridgehead atoms. The second-order valence-corrected chi connectivity index (χ2v) is 3.19. The first kappa shape index (κ1) is 12.4. The van der Waals surface area contributed by atoms with Crippen LogP contribution in [0.3, 0.4) is 0 Å². The Kier molecular flexibility index (Phi) is 3.76. The molecule has 0 fully saturated rings. The third-order valence-corrected chi connectivity index (χ3v) is 1.98. The zero-order valence-electron chi connectivity index (χ0n) is 8.23. The Balaban J connectivity index is 3.25. The fourth-order valence-electron chi connectivity index (χ4n) is 1.24. The fraction of sp³-hybridized carbons (Fsp3) is 0.333. The summed E-state index contributed by atoms with van der Waals surface area (Å²) in [6, 6.07) is 0.212. The quantitative estimate of drug-likeness (QED) is 0.369. The molecule has 0 radical (unpaired) electrons. The molecule has 0 aliphatic carbocycles. The van der Waals surface area contributed by atoms with Crippen molar-refractivity contribution in [2.45, 2.75) is 19.1 Å². The zero-order chi connectivity index (χ0) is 12.3. The van der Waals surface area contributed by atoms with Gasteiger partial charge in [0.25, 0.3) is 0 Å². The molecule has 4 nitrogen and oxygen atoms in total. The van der Waals surface area contributed by atoms with E-state index >= 15 is 0 Å². The maximum absolute atomic E-state index is 12.9. The lowest BCUT2D eigenvalue weighted by molar-refractivity contribution is 0.164. The molecular formula is C9H8F3N3O. The first-order valence-corrected chi connectivity index (χ1v) is 4.34. The van der Waals surface area contributed by atoms with Gasteiger partial charge in [0.15, 0.2) is 17.5 Å². The third kappa shape index (κ3) is 2.44. The standard InChI is InChI=1S/C9H8F3N3O/c1-4(16)9(14-15-13)5-2-6(10)8(12)7(11)3-5/h2-4,9,16H,1H3.